The SMILES string of the molecule is CC(C)(C)c1ccc(-c2cc(-c3ccc(C(C)(C)C)cc3)cc([N+](=O)[O-])c2)cc1. The van der Waals surface area contributed by atoms with E-state index in [1.165, 1.54) is 11.1 Å². The molecule has 0 aliphatic heterocycles. The van der Waals surface area contributed by atoms with Crippen molar-refractivity contribution in [3.8, 4) is 22.3 Å². The van der Waals surface area contributed by atoms with E-state index in [-0.39, 0.29) is 21.4 Å². The Morgan fingerprint density at radius 2 is 0.931 bits per heavy atom. The number of non-ortho nitro benzene ring substituents is 1. The van der Waals surface area contributed by atoms with E-state index in [0.717, 1.165) is 22.3 Å². The minimum absolute atomic E-state index is 0.0706. The largest absolute Gasteiger partial charge is 0.270 e. The van der Waals surface area contributed by atoms with Crippen molar-refractivity contribution < 1.29 is 4.92 Å². The predicted molar refractivity (Wildman–Crippen MR) is 121 cm³/mol. The number of hydrogen-bond acceptors (Lipinski definition) is 2. The van der Waals surface area contributed by atoms with Crippen molar-refractivity contribution in [2.45, 2.75) is 52.4 Å². The molecule has 0 aromatic heterocycles. The molecule has 3 rings (SSSR count). The summed E-state index contributed by atoms with van der Waals surface area (Å²) in [6, 6.07) is 21.9. The highest BCUT2D eigenvalue weighted by Gasteiger charge is 2.17. The van der Waals surface area contributed by atoms with Gasteiger partial charge in [-0.05, 0) is 50.3 Å². The molecule has 3 heteroatoms. The summed E-state index contributed by atoms with van der Waals surface area (Å²) in [5.41, 5.74) is 6.40. The lowest BCUT2D eigenvalue weighted by molar-refractivity contribution is -0.384. The summed E-state index contributed by atoms with van der Waals surface area (Å²) in [6.07, 6.45) is 0. The fraction of sp³-hybridized carbons (Fsp3) is 0.308. The van der Waals surface area contributed by atoms with Gasteiger partial charge >= 0.3 is 0 Å². The van der Waals surface area contributed by atoms with Crippen LogP contribution in [0.4, 0.5) is 5.69 Å². The van der Waals surface area contributed by atoms with Crippen LogP contribution in [-0.2, 0) is 10.8 Å². The number of nitro benzene ring substituents is 1. The summed E-state index contributed by atoms with van der Waals surface area (Å²) >= 11 is 0. The van der Waals surface area contributed by atoms with Gasteiger partial charge in [0.15, 0.2) is 0 Å². The van der Waals surface area contributed by atoms with Crippen LogP contribution in [0.25, 0.3) is 22.3 Å². The van der Waals surface area contributed by atoms with Crippen LogP contribution < -0.4 is 0 Å². The summed E-state index contributed by atoms with van der Waals surface area (Å²) < 4.78 is 0. The second kappa shape index (κ2) is 7.47. The second-order valence-corrected chi connectivity index (χ2v) is 9.68. The molecule has 0 aliphatic carbocycles. The molecule has 0 heterocycles. The second-order valence-electron chi connectivity index (χ2n) is 9.68. The highest BCUT2D eigenvalue weighted by Crippen LogP contribution is 2.33. The molecule has 0 saturated heterocycles. The average molecular weight is 388 g/mol. The standard InChI is InChI=1S/C26H29NO2/c1-25(2,3)22-11-7-18(8-12-22)20-15-21(17-24(16-20)27(28)29)19-9-13-23(14-10-19)26(4,5)6/h7-17H,1-6H3. The van der Waals surface area contributed by atoms with E-state index in [4.69, 9.17) is 0 Å². The van der Waals surface area contributed by atoms with Crippen LogP contribution in [0.5, 0.6) is 0 Å². The summed E-state index contributed by atoms with van der Waals surface area (Å²) in [4.78, 5) is 11.2. The fourth-order valence-corrected chi connectivity index (χ4v) is 3.38. The van der Waals surface area contributed by atoms with Gasteiger partial charge in [-0.15, -0.1) is 0 Å². The van der Waals surface area contributed by atoms with Crippen molar-refractivity contribution in [3.63, 3.8) is 0 Å². The van der Waals surface area contributed by atoms with E-state index < -0.39 is 0 Å². The Kier molecular flexibility index (Phi) is 5.36. The van der Waals surface area contributed by atoms with Gasteiger partial charge in [-0.1, -0.05) is 90.1 Å². The minimum atomic E-state index is -0.319. The highest BCUT2D eigenvalue weighted by molar-refractivity contribution is 5.76. The van der Waals surface area contributed by atoms with E-state index in [9.17, 15) is 10.1 Å². The third kappa shape index (κ3) is 4.73. The van der Waals surface area contributed by atoms with Gasteiger partial charge < -0.3 is 0 Å². The molecular formula is C26H29NO2. The smallest absolute Gasteiger partial charge is 0.258 e. The van der Waals surface area contributed by atoms with E-state index in [1.54, 1.807) is 12.1 Å². The van der Waals surface area contributed by atoms with Crippen LogP contribution in [0.15, 0.2) is 66.7 Å². The number of benzene rings is 3. The quantitative estimate of drug-likeness (QED) is 0.344. The van der Waals surface area contributed by atoms with Crippen molar-refractivity contribution >= 4 is 5.69 Å². The molecule has 0 saturated carbocycles. The lowest BCUT2D eigenvalue weighted by atomic mass is 9.85. The van der Waals surface area contributed by atoms with Crippen LogP contribution in [0.3, 0.4) is 0 Å². The molecule has 0 amide bonds. The highest BCUT2D eigenvalue weighted by atomic mass is 16.6. The molecule has 150 valence electrons. The van der Waals surface area contributed by atoms with Crippen LogP contribution >= 0.6 is 0 Å². The number of nitrogens with zero attached hydrogens (tertiary/aromatic N) is 1. The molecule has 3 aromatic carbocycles. The van der Waals surface area contributed by atoms with E-state index in [2.05, 4.69) is 65.8 Å². The van der Waals surface area contributed by atoms with Crippen LogP contribution in [0.2, 0.25) is 0 Å². The van der Waals surface area contributed by atoms with Gasteiger partial charge in [0.2, 0.25) is 0 Å². The van der Waals surface area contributed by atoms with Gasteiger partial charge in [0.1, 0.15) is 0 Å². The Balaban J connectivity index is 2.06. The van der Waals surface area contributed by atoms with Gasteiger partial charge in [0.05, 0.1) is 4.92 Å². The maximum Gasteiger partial charge on any atom is 0.270 e. The molecule has 0 unspecified atom stereocenters. The molecule has 0 radical (unpaired) electrons. The number of hydrogen-bond donors (Lipinski definition) is 0. The lowest BCUT2D eigenvalue weighted by Gasteiger charge is -2.19. The maximum atomic E-state index is 11.5. The Hall–Kier alpha value is -2.94. The van der Waals surface area contributed by atoms with Gasteiger partial charge in [0.25, 0.3) is 5.69 Å². The molecule has 29 heavy (non-hydrogen) atoms. The van der Waals surface area contributed by atoms with Crippen molar-refractivity contribution in [2.75, 3.05) is 0 Å². The normalized spacial score (nSPS) is 12.1. The van der Waals surface area contributed by atoms with Crippen LogP contribution in [0, 0.1) is 10.1 Å². The molecule has 0 aliphatic rings. The molecule has 0 fully saturated rings. The summed E-state index contributed by atoms with van der Waals surface area (Å²) in [6.45, 7) is 13.1. The van der Waals surface area contributed by atoms with E-state index in [1.807, 2.05) is 30.3 Å². The maximum absolute atomic E-state index is 11.5. The Morgan fingerprint density at radius 1 is 0.586 bits per heavy atom. The zero-order chi connectivity index (χ0) is 21.4. The summed E-state index contributed by atoms with van der Waals surface area (Å²) in [5.74, 6) is 0. The van der Waals surface area contributed by atoms with Crippen molar-refractivity contribution in [3.05, 3.63) is 88.0 Å². The summed E-state index contributed by atoms with van der Waals surface area (Å²) in [7, 11) is 0. The topological polar surface area (TPSA) is 43.1 Å². The first-order chi connectivity index (χ1) is 13.4. The number of nitro groups is 1. The van der Waals surface area contributed by atoms with Crippen molar-refractivity contribution in [2.24, 2.45) is 0 Å². The molecular weight excluding hydrogens is 358 g/mol. The molecule has 0 spiro atoms. The Morgan fingerprint density at radius 3 is 1.21 bits per heavy atom. The van der Waals surface area contributed by atoms with Gasteiger partial charge in [-0.2, -0.15) is 0 Å². The van der Waals surface area contributed by atoms with Gasteiger partial charge in [0, 0.05) is 12.1 Å². The predicted octanol–water partition coefficient (Wildman–Crippen LogP) is 7.52. The Labute approximate surface area is 173 Å². The van der Waals surface area contributed by atoms with Gasteiger partial charge in [-0.25, -0.2) is 0 Å². The van der Waals surface area contributed by atoms with Crippen LogP contribution in [-0.4, -0.2) is 4.92 Å². The lowest BCUT2D eigenvalue weighted by Crippen LogP contribution is -2.10. The van der Waals surface area contributed by atoms with E-state index in [0.29, 0.717) is 0 Å². The van der Waals surface area contributed by atoms with Crippen LogP contribution in [0.1, 0.15) is 52.7 Å². The zero-order valence-electron chi connectivity index (χ0n) is 18.1. The third-order valence-corrected chi connectivity index (χ3v) is 5.30. The summed E-state index contributed by atoms with van der Waals surface area (Å²) in [5, 5.41) is 11.5. The monoisotopic (exact) mass is 387 g/mol. The molecule has 3 aromatic rings. The van der Waals surface area contributed by atoms with Crippen molar-refractivity contribution in [1.29, 1.82) is 0 Å². The molecule has 3 nitrogen and oxygen atoms in total. The molecule has 0 bridgehead atoms. The third-order valence-electron chi connectivity index (χ3n) is 5.30. The average Bonchev–Trinajstić information content (AvgIpc) is 2.66. The first-order valence-electron chi connectivity index (χ1n) is 9.96. The van der Waals surface area contributed by atoms with E-state index >= 15 is 0 Å². The first kappa shape index (κ1) is 20.8. The Bertz CT molecular complexity index is 943. The minimum Gasteiger partial charge on any atom is -0.258 e. The zero-order valence-corrected chi connectivity index (χ0v) is 18.1. The molecule has 0 atom stereocenters. The number of rotatable bonds is 3. The first-order valence-corrected chi connectivity index (χ1v) is 9.96. The molecule has 0 N–H and O–H groups in total. The van der Waals surface area contributed by atoms with Gasteiger partial charge in [-0.3, -0.25) is 10.1 Å². The van der Waals surface area contributed by atoms with Crippen molar-refractivity contribution in [1.82, 2.24) is 0 Å². The fourth-order valence-electron chi connectivity index (χ4n) is 3.38.